The van der Waals surface area contributed by atoms with E-state index >= 15 is 0 Å². The van der Waals surface area contributed by atoms with Crippen molar-refractivity contribution in [3.63, 3.8) is 0 Å². The molecule has 0 aliphatic heterocycles. The predicted molar refractivity (Wildman–Crippen MR) is 115 cm³/mol. The van der Waals surface area contributed by atoms with Crippen molar-refractivity contribution in [1.29, 1.82) is 0 Å². The summed E-state index contributed by atoms with van der Waals surface area (Å²) in [5.74, 6) is 0.348. The number of thiocarbonyl (C=S) groups is 1. The van der Waals surface area contributed by atoms with Gasteiger partial charge in [0.1, 0.15) is 11.6 Å². The first-order chi connectivity index (χ1) is 13.6. The van der Waals surface area contributed by atoms with Crippen LogP contribution in [0.4, 0.5) is 10.1 Å². The lowest BCUT2D eigenvalue weighted by atomic mass is 10.2. The maximum Gasteiger partial charge on any atom is 0.191 e. The summed E-state index contributed by atoms with van der Waals surface area (Å²) in [6.07, 6.45) is 3.49. The number of nitrogens with zero attached hydrogens (tertiary/aromatic N) is 2. The van der Waals surface area contributed by atoms with E-state index in [0.29, 0.717) is 33.7 Å². The molecule has 0 radical (unpaired) electrons. The van der Waals surface area contributed by atoms with Gasteiger partial charge in [-0.25, -0.2) is 4.39 Å². The Morgan fingerprint density at radius 3 is 2.82 bits per heavy atom. The van der Waals surface area contributed by atoms with Crippen LogP contribution < -0.4 is 15.5 Å². The molecule has 0 saturated carbocycles. The third kappa shape index (κ3) is 5.09. The summed E-state index contributed by atoms with van der Waals surface area (Å²) in [5.41, 5.74) is 4.88. The van der Waals surface area contributed by atoms with Crippen LogP contribution in [0.25, 0.3) is 0 Å². The van der Waals surface area contributed by atoms with Gasteiger partial charge >= 0.3 is 0 Å². The van der Waals surface area contributed by atoms with Crippen LogP contribution in [-0.2, 0) is 6.54 Å². The van der Waals surface area contributed by atoms with Crippen LogP contribution in [0.3, 0.4) is 0 Å². The molecule has 1 heterocycles. The summed E-state index contributed by atoms with van der Waals surface area (Å²) < 4.78 is 20.9. The van der Waals surface area contributed by atoms with Crippen molar-refractivity contribution in [2.45, 2.75) is 6.54 Å². The zero-order chi connectivity index (χ0) is 19.9. The second-order valence-electron chi connectivity index (χ2n) is 5.83. The number of rotatable bonds is 6. The number of anilines is 1. The fourth-order valence-electron chi connectivity index (χ4n) is 2.56. The Morgan fingerprint density at radius 2 is 2.07 bits per heavy atom. The van der Waals surface area contributed by atoms with Crippen LogP contribution >= 0.6 is 23.8 Å². The number of hydrazone groups is 1. The Labute approximate surface area is 172 Å². The second kappa shape index (κ2) is 9.34. The largest absolute Gasteiger partial charge is 0.495 e. The first-order valence-corrected chi connectivity index (χ1v) is 9.17. The maximum absolute atomic E-state index is 13.9. The second-order valence-corrected chi connectivity index (χ2v) is 6.64. The average molecular weight is 417 g/mol. The van der Waals surface area contributed by atoms with Crippen LogP contribution in [-0.4, -0.2) is 23.0 Å². The van der Waals surface area contributed by atoms with Crippen LogP contribution in [0.2, 0.25) is 5.02 Å². The highest BCUT2D eigenvalue weighted by molar-refractivity contribution is 7.80. The number of aromatic nitrogens is 1. The van der Waals surface area contributed by atoms with Crippen molar-refractivity contribution < 1.29 is 9.13 Å². The molecule has 2 aromatic carbocycles. The third-order valence-electron chi connectivity index (χ3n) is 3.94. The van der Waals surface area contributed by atoms with Crippen molar-refractivity contribution in [1.82, 2.24) is 9.99 Å². The van der Waals surface area contributed by atoms with Crippen molar-refractivity contribution in [2.75, 3.05) is 12.4 Å². The Balaban J connectivity index is 1.59. The Morgan fingerprint density at radius 1 is 1.25 bits per heavy atom. The van der Waals surface area contributed by atoms with Crippen molar-refractivity contribution in [3.8, 4) is 5.75 Å². The molecule has 8 heteroatoms. The summed E-state index contributed by atoms with van der Waals surface area (Å²) in [5, 5.41) is 7.91. The quantitative estimate of drug-likeness (QED) is 0.348. The third-order valence-corrected chi connectivity index (χ3v) is 4.42. The fraction of sp³-hybridized carbons (Fsp3) is 0.100. The van der Waals surface area contributed by atoms with E-state index in [1.165, 1.54) is 6.07 Å². The van der Waals surface area contributed by atoms with Crippen molar-refractivity contribution in [3.05, 3.63) is 82.9 Å². The standard InChI is InChI=1S/C20H18ClFN4OS/c1-27-19-9-8-15(11-17(19)21)24-20(28)25-23-12-16-6-4-10-26(16)13-14-5-2-3-7-18(14)22/h2-12H,13H2,1H3,(H2,24,25,28). The molecule has 1 aromatic heterocycles. The Hall–Kier alpha value is -2.90. The van der Waals surface area contributed by atoms with Crippen molar-refractivity contribution >= 4 is 40.8 Å². The topological polar surface area (TPSA) is 50.6 Å². The molecule has 0 spiro atoms. The van der Waals surface area contributed by atoms with Gasteiger partial charge in [-0.3, -0.25) is 5.43 Å². The SMILES string of the molecule is COc1ccc(NC(=S)NN=Cc2cccn2Cc2ccccc2F)cc1Cl. The van der Waals surface area contributed by atoms with Gasteiger partial charge < -0.3 is 14.6 Å². The number of benzene rings is 2. The Bertz CT molecular complexity index is 1010. The first kappa shape index (κ1) is 19.9. The molecule has 0 saturated heterocycles. The Kier molecular flexibility index (Phi) is 6.62. The zero-order valence-corrected chi connectivity index (χ0v) is 16.6. The zero-order valence-electron chi connectivity index (χ0n) is 15.0. The number of ether oxygens (including phenoxy) is 1. The highest BCUT2D eigenvalue weighted by Gasteiger charge is 2.05. The van der Waals surface area contributed by atoms with Gasteiger partial charge in [0.15, 0.2) is 5.11 Å². The molecule has 0 amide bonds. The number of methoxy groups -OCH3 is 1. The smallest absolute Gasteiger partial charge is 0.191 e. The van der Waals surface area contributed by atoms with Crippen molar-refractivity contribution in [2.24, 2.45) is 5.10 Å². The number of halogens is 2. The van der Waals surface area contributed by atoms with Gasteiger partial charge in [-0.15, -0.1) is 0 Å². The van der Waals surface area contributed by atoms with Crippen LogP contribution in [0.15, 0.2) is 65.9 Å². The van der Waals surface area contributed by atoms with E-state index < -0.39 is 0 Å². The number of hydrogen-bond donors (Lipinski definition) is 2. The molecule has 0 unspecified atom stereocenters. The normalized spacial score (nSPS) is 10.8. The van der Waals surface area contributed by atoms with Gasteiger partial charge in [0, 0.05) is 17.4 Å². The van der Waals surface area contributed by atoms with Crippen LogP contribution in [0.1, 0.15) is 11.3 Å². The molecular formula is C20H18ClFN4OS. The fourth-order valence-corrected chi connectivity index (χ4v) is 2.99. The minimum absolute atomic E-state index is 0.235. The summed E-state index contributed by atoms with van der Waals surface area (Å²) >= 11 is 11.3. The molecule has 28 heavy (non-hydrogen) atoms. The van der Waals surface area contributed by atoms with E-state index in [2.05, 4.69) is 15.8 Å². The molecule has 2 N–H and O–H groups in total. The van der Waals surface area contributed by atoms with E-state index in [1.54, 1.807) is 43.7 Å². The molecule has 0 aliphatic rings. The molecular weight excluding hydrogens is 399 g/mol. The van der Waals surface area contributed by atoms with Gasteiger partial charge in [0.2, 0.25) is 0 Å². The lowest BCUT2D eigenvalue weighted by Crippen LogP contribution is -2.24. The van der Waals surface area contributed by atoms with E-state index in [9.17, 15) is 4.39 Å². The van der Waals surface area contributed by atoms with E-state index in [0.717, 1.165) is 5.69 Å². The molecule has 5 nitrogen and oxygen atoms in total. The van der Waals surface area contributed by atoms with Crippen LogP contribution in [0.5, 0.6) is 5.75 Å². The number of hydrogen-bond acceptors (Lipinski definition) is 3. The molecule has 0 bridgehead atoms. The number of nitrogens with one attached hydrogen (secondary N) is 2. The summed E-state index contributed by atoms with van der Waals surface area (Å²) in [7, 11) is 1.55. The van der Waals surface area contributed by atoms with Gasteiger partial charge in [0.25, 0.3) is 0 Å². The van der Waals surface area contributed by atoms with Gasteiger partial charge in [0.05, 0.1) is 30.6 Å². The van der Waals surface area contributed by atoms with E-state index in [1.807, 2.05) is 29.0 Å². The highest BCUT2D eigenvalue weighted by Crippen LogP contribution is 2.27. The molecule has 3 rings (SSSR count). The lowest BCUT2D eigenvalue weighted by molar-refractivity contribution is 0.415. The highest BCUT2D eigenvalue weighted by atomic mass is 35.5. The lowest BCUT2D eigenvalue weighted by Gasteiger charge is -2.10. The van der Waals surface area contributed by atoms with E-state index in [-0.39, 0.29) is 5.82 Å². The maximum atomic E-state index is 13.9. The van der Waals surface area contributed by atoms with Gasteiger partial charge in [-0.2, -0.15) is 5.10 Å². The minimum atomic E-state index is -0.235. The molecule has 144 valence electrons. The summed E-state index contributed by atoms with van der Waals surface area (Å²) in [4.78, 5) is 0. The van der Waals surface area contributed by atoms with Gasteiger partial charge in [-0.05, 0) is 48.6 Å². The minimum Gasteiger partial charge on any atom is -0.495 e. The molecule has 0 aliphatic carbocycles. The van der Waals surface area contributed by atoms with E-state index in [4.69, 9.17) is 28.6 Å². The first-order valence-electron chi connectivity index (χ1n) is 8.39. The molecule has 0 atom stereocenters. The monoisotopic (exact) mass is 416 g/mol. The summed E-state index contributed by atoms with van der Waals surface area (Å²) in [6, 6.07) is 15.7. The average Bonchev–Trinajstić information content (AvgIpc) is 3.11. The predicted octanol–water partition coefficient (Wildman–Crippen LogP) is 4.66. The molecule has 3 aromatic rings. The summed E-state index contributed by atoms with van der Waals surface area (Å²) in [6.45, 7) is 0.411. The molecule has 0 fully saturated rings. The van der Waals surface area contributed by atoms with Crippen LogP contribution in [0, 0.1) is 5.82 Å². The van der Waals surface area contributed by atoms with Gasteiger partial charge in [-0.1, -0.05) is 29.8 Å².